The molecular formula is C13H17Cl2N3O. The van der Waals surface area contributed by atoms with Crippen LogP contribution in [0.5, 0.6) is 0 Å². The standard InChI is InChI=1S/C13H17Cl2N3O/c1-17(8-9-18-6-2-3-7-18)13(19)10-4-5-11(14)16-12(10)15/h4-5H,2-3,6-9H2,1H3. The summed E-state index contributed by atoms with van der Waals surface area (Å²) in [5.41, 5.74) is 0.398. The van der Waals surface area contributed by atoms with Gasteiger partial charge in [0, 0.05) is 20.1 Å². The molecule has 0 radical (unpaired) electrons. The van der Waals surface area contributed by atoms with Crippen molar-refractivity contribution in [2.75, 3.05) is 33.2 Å². The predicted molar refractivity (Wildman–Crippen MR) is 76.9 cm³/mol. The lowest BCUT2D eigenvalue weighted by atomic mass is 10.2. The van der Waals surface area contributed by atoms with E-state index < -0.39 is 0 Å². The van der Waals surface area contributed by atoms with Crippen molar-refractivity contribution in [2.24, 2.45) is 0 Å². The Balaban J connectivity index is 1.94. The Morgan fingerprint density at radius 3 is 2.68 bits per heavy atom. The zero-order valence-corrected chi connectivity index (χ0v) is 12.4. The number of carbonyl (C=O) groups excluding carboxylic acids is 1. The molecule has 104 valence electrons. The molecule has 0 N–H and O–H groups in total. The number of aromatic nitrogens is 1. The van der Waals surface area contributed by atoms with Crippen LogP contribution < -0.4 is 0 Å². The van der Waals surface area contributed by atoms with Crippen molar-refractivity contribution < 1.29 is 4.79 Å². The highest BCUT2D eigenvalue weighted by atomic mass is 35.5. The zero-order valence-electron chi connectivity index (χ0n) is 10.9. The Bertz CT molecular complexity index is 461. The van der Waals surface area contributed by atoms with E-state index in [9.17, 15) is 4.79 Å². The first-order chi connectivity index (χ1) is 9.08. The molecule has 1 aromatic heterocycles. The summed E-state index contributed by atoms with van der Waals surface area (Å²) in [4.78, 5) is 20.2. The molecule has 6 heteroatoms. The van der Waals surface area contributed by atoms with E-state index in [1.165, 1.54) is 12.8 Å². The SMILES string of the molecule is CN(CCN1CCCC1)C(=O)c1ccc(Cl)nc1Cl. The van der Waals surface area contributed by atoms with Crippen LogP contribution >= 0.6 is 23.2 Å². The number of hydrogen-bond acceptors (Lipinski definition) is 3. The van der Waals surface area contributed by atoms with Crippen LogP contribution in [0.4, 0.5) is 0 Å². The molecule has 1 aliphatic heterocycles. The second kappa shape index (κ2) is 6.55. The van der Waals surface area contributed by atoms with Gasteiger partial charge in [0.25, 0.3) is 5.91 Å². The number of carbonyl (C=O) groups is 1. The third kappa shape index (κ3) is 3.81. The third-order valence-corrected chi connectivity index (χ3v) is 3.84. The molecule has 1 fully saturated rings. The predicted octanol–water partition coefficient (Wildman–Crippen LogP) is 2.56. The van der Waals surface area contributed by atoms with Crippen molar-refractivity contribution in [1.82, 2.24) is 14.8 Å². The molecule has 0 unspecified atom stereocenters. The first kappa shape index (κ1) is 14.6. The Hall–Kier alpha value is -0.840. The van der Waals surface area contributed by atoms with Crippen molar-refractivity contribution in [2.45, 2.75) is 12.8 Å². The summed E-state index contributed by atoms with van der Waals surface area (Å²) in [6, 6.07) is 3.20. The minimum atomic E-state index is -0.117. The topological polar surface area (TPSA) is 36.4 Å². The third-order valence-electron chi connectivity index (χ3n) is 3.34. The van der Waals surface area contributed by atoms with Crippen LogP contribution in [-0.2, 0) is 0 Å². The van der Waals surface area contributed by atoms with Gasteiger partial charge in [-0.3, -0.25) is 4.79 Å². The summed E-state index contributed by atoms with van der Waals surface area (Å²) in [6.07, 6.45) is 2.51. The minimum Gasteiger partial charge on any atom is -0.340 e. The van der Waals surface area contributed by atoms with E-state index >= 15 is 0 Å². The lowest BCUT2D eigenvalue weighted by Gasteiger charge is -2.21. The van der Waals surface area contributed by atoms with Gasteiger partial charge >= 0.3 is 0 Å². The molecule has 0 spiro atoms. The molecule has 0 aliphatic carbocycles. The molecule has 0 aromatic carbocycles. The molecule has 0 bridgehead atoms. The average molecular weight is 302 g/mol. The van der Waals surface area contributed by atoms with Crippen molar-refractivity contribution in [3.05, 3.63) is 28.0 Å². The molecule has 0 saturated carbocycles. The number of likely N-dealkylation sites (tertiary alicyclic amines) is 1. The maximum atomic E-state index is 12.2. The summed E-state index contributed by atoms with van der Waals surface area (Å²) in [7, 11) is 1.78. The Kier molecular flexibility index (Phi) is 5.02. The van der Waals surface area contributed by atoms with Crippen LogP contribution in [0.3, 0.4) is 0 Å². The van der Waals surface area contributed by atoms with Crippen LogP contribution in [0.15, 0.2) is 12.1 Å². The van der Waals surface area contributed by atoms with Crippen molar-refractivity contribution in [3.8, 4) is 0 Å². The van der Waals surface area contributed by atoms with E-state index in [0.29, 0.717) is 17.3 Å². The van der Waals surface area contributed by atoms with E-state index in [-0.39, 0.29) is 11.1 Å². The number of pyridine rings is 1. The van der Waals surface area contributed by atoms with E-state index in [1.807, 2.05) is 0 Å². The molecule has 4 nitrogen and oxygen atoms in total. The number of likely N-dealkylation sites (N-methyl/N-ethyl adjacent to an activating group) is 1. The highest BCUT2D eigenvalue weighted by molar-refractivity contribution is 6.34. The molecular weight excluding hydrogens is 285 g/mol. The van der Waals surface area contributed by atoms with Gasteiger partial charge in [-0.1, -0.05) is 23.2 Å². The molecule has 2 heterocycles. The molecule has 2 rings (SSSR count). The first-order valence-corrected chi connectivity index (χ1v) is 7.13. The smallest absolute Gasteiger partial charge is 0.256 e. The monoisotopic (exact) mass is 301 g/mol. The molecule has 1 amide bonds. The van der Waals surface area contributed by atoms with Crippen LogP contribution in [0.1, 0.15) is 23.2 Å². The van der Waals surface area contributed by atoms with E-state index in [0.717, 1.165) is 19.6 Å². The highest BCUT2D eigenvalue weighted by Gasteiger charge is 2.18. The molecule has 19 heavy (non-hydrogen) atoms. The lowest BCUT2D eigenvalue weighted by Crippen LogP contribution is -2.35. The molecule has 0 atom stereocenters. The number of amides is 1. The van der Waals surface area contributed by atoms with Crippen molar-refractivity contribution in [3.63, 3.8) is 0 Å². The lowest BCUT2D eigenvalue weighted by molar-refractivity contribution is 0.0782. The summed E-state index contributed by atoms with van der Waals surface area (Å²) in [6.45, 7) is 3.86. The van der Waals surface area contributed by atoms with E-state index in [1.54, 1.807) is 24.1 Å². The highest BCUT2D eigenvalue weighted by Crippen LogP contribution is 2.18. The number of nitrogens with zero attached hydrogens (tertiary/aromatic N) is 3. The van der Waals surface area contributed by atoms with Gasteiger partial charge in [0.15, 0.2) is 0 Å². The number of hydrogen-bond donors (Lipinski definition) is 0. The number of rotatable bonds is 4. The van der Waals surface area contributed by atoms with Crippen LogP contribution in [0.2, 0.25) is 10.3 Å². The van der Waals surface area contributed by atoms with Gasteiger partial charge in [0.1, 0.15) is 10.3 Å². The van der Waals surface area contributed by atoms with Crippen molar-refractivity contribution in [1.29, 1.82) is 0 Å². The number of halogens is 2. The molecule has 1 aliphatic rings. The maximum absolute atomic E-state index is 12.2. The quantitative estimate of drug-likeness (QED) is 0.802. The fraction of sp³-hybridized carbons (Fsp3) is 0.538. The first-order valence-electron chi connectivity index (χ1n) is 6.38. The van der Waals surface area contributed by atoms with Gasteiger partial charge in [0.05, 0.1) is 5.56 Å². The molecule has 1 saturated heterocycles. The minimum absolute atomic E-state index is 0.117. The van der Waals surface area contributed by atoms with Gasteiger partial charge in [-0.05, 0) is 38.1 Å². The van der Waals surface area contributed by atoms with Gasteiger partial charge in [-0.2, -0.15) is 0 Å². The van der Waals surface area contributed by atoms with Crippen molar-refractivity contribution >= 4 is 29.1 Å². The van der Waals surface area contributed by atoms with E-state index in [2.05, 4.69) is 9.88 Å². The summed E-state index contributed by atoms with van der Waals surface area (Å²) >= 11 is 11.7. The van der Waals surface area contributed by atoms with Crippen LogP contribution in [0.25, 0.3) is 0 Å². The van der Waals surface area contributed by atoms with Gasteiger partial charge in [0.2, 0.25) is 0 Å². The second-order valence-electron chi connectivity index (χ2n) is 4.75. The van der Waals surface area contributed by atoms with Crippen LogP contribution in [-0.4, -0.2) is 53.9 Å². The Labute approximate surface area is 123 Å². The van der Waals surface area contributed by atoms with E-state index in [4.69, 9.17) is 23.2 Å². The fourth-order valence-electron chi connectivity index (χ4n) is 2.18. The second-order valence-corrected chi connectivity index (χ2v) is 5.49. The summed E-state index contributed by atoms with van der Waals surface area (Å²) < 4.78 is 0. The fourth-order valence-corrected chi connectivity index (χ4v) is 2.60. The van der Waals surface area contributed by atoms with Gasteiger partial charge in [-0.15, -0.1) is 0 Å². The molecule has 1 aromatic rings. The Morgan fingerprint density at radius 2 is 2.05 bits per heavy atom. The van der Waals surface area contributed by atoms with Gasteiger partial charge in [-0.25, -0.2) is 4.98 Å². The average Bonchev–Trinajstić information content (AvgIpc) is 2.88. The summed E-state index contributed by atoms with van der Waals surface area (Å²) in [5.74, 6) is -0.117. The largest absolute Gasteiger partial charge is 0.340 e. The normalized spacial score (nSPS) is 15.7. The Morgan fingerprint density at radius 1 is 1.37 bits per heavy atom. The van der Waals surface area contributed by atoms with Crippen LogP contribution in [0, 0.1) is 0 Å². The zero-order chi connectivity index (χ0) is 13.8. The van der Waals surface area contributed by atoms with Gasteiger partial charge < -0.3 is 9.80 Å². The summed E-state index contributed by atoms with van der Waals surface area (Å²) in [5, 5.41) is 0.451. The maximum Gasteiger partial charge on any atom is 0.256 e.